The van der Waals surface area contributed by atoms with Crippen LogP contribution >= 0.6 is 11.6 Å². The Balaban J connectivity index is 1.40. The fourth-order valence-corrected chi connectivity index (χ4v) is 3.47. The van der Waals surface area contributed by atoms with E-state index in [9.17, 15) is 14.4 Å². The first-order valence-corrected chi connectivity index (χ1v) is 8.32. The van der Waals surface area contributed by atoms with Gasteiger partial charge in [-0.1, -0.05) is 11.6 Å². The molecular weight excluding hydrogens is 352 g/mol. The van der Waals surface area contributed by atoms with Gasteiger partial charge in [0.05, 0.1) is 11.9 Å². The minimum Gasteiger partial charge on any atom is -0.460 e. The summed E-state index contributed by atoms with van der Waals surface area (Å²) >= 11 is 5.87. The number of oxazole rings is 1. The molecule has 2 atom stereocenters. The van der Waals surface area contributed by atoms with Gasteiger partial charge >= 0.3 is 17.8 Å². The molecule has 8 nitrogen and oxygen atoms in total. The highest BCUT2D eigenvalue weighted by Gasteiger charge is 2.45. The molecule has 0 N–H and O–H groups in total. The van der Waals surface area contributed by atoms with Crippen molar-refractivity contribution in [2.24, 2.45) is 0 Å². The molecule has 9 heteroatoms. The van der Waals surface area contributed by atoms with Crippen molar-refractivity contribution >= 4 is 34.8 Å². The molecule has 0 bridgehead atoms. The van der Waals surface area contributed by atoms with Crippen LogP contribution in [0.15, 0.2) is 27.4 Å². The van der Waals surface area contributed by atoms with E-state index < -0.39 is 11.7 Å². The number of ether oxygens (including phenoxy) is 2. The normalized spacial score (nSPS) is 22.3. The van der Waals surface area contributed by atoms with Gasteiger partial charge in [-0.05, 0) is 12.1 Å². The van der Waals surface area contributed by atoms with Crippen molar-refractivity contribution in [3.63, 3.8) is 0 Å². The van der Waals surface area contributed by atoms with E-state index in [1.165, 1.54) is 4.57 Å². The van der Waals surface area contributed by atoms with E-state index in [0.717, 1.165) is 0 Å². The fourth-order valence-electron chi connectivity index (χ4n) is 3.31. The lowest BCUT2D eigenvalue weighted by Crippen LogP contribution is -2.35. The minimum absolute atomic E-state index is 0.0230. The number of halogens is 1. The number of rotatable bonds is 4. The lowest BCUT2D eigenvalue weighted by Gasteiger charge is -2.17. The van der Waals surface area contributed by atoms with Crippen molar-refractivity contribution in [3.05, 3.63) is 33.8 Å². The Kier molecular flexibility index (Phi) is 3.91. The first-order valence-electron chi connectivity index (χ1n) is 7.95. The van der Waals surface area contributed by atoms with E-state index in [2.05, 4.69) is 0 Å². The van der Waals surface area contributed by atoms with Crippen LogP contribution in [0.25, 0.3) is 11.1 Å². The van der Waals surface area contributed by atoms with Crippen molar-refractivity contribution in [1.29, 1.82) is 0 Å². The monoisotopic (exact) mass is 366 g/mol. The van der Waals surface area contributed by atoms with Gasteiger partial charge in [-0.2, -0.15) is 0 Å². The molecular formula is C16H15ClN2O6. The Morgan fingerprint density at radius 3 is 3.04 bits per heavy atom. The average Bonchev–Trinajstić information content (AvgIpc) is 3.21. The predicted molar refractivity (Wildman–Crippen MR) is 86.4 cm³/mol. The SMILES string of the molecule is O=C(CCn1c(=O)oc2cc(Cl)ccc21)O[C@@H]1CCN2C(=O)OC[C@H]12. The summed E-state index contributed by atoms with van der Waals surface area (Å²) in [6.45, 7) is 0.903. The fraction of sp³-hybridized carbons (Fsp3) is 0.438. The number of esters is 1. The number of carbonyl (C=O) groups is 2. The van der Waals surface area contributed by atoms with Crippen LogP contribution in [0.4, 0.5) is 4.79 Å². The van der Waals surface area contributed by atoms with Gasteiger partial charge in [0.15, 0.2) is 5.58 Å². The highest BCUT2D eigenvalue weighted by atomic mass is 35.5. The highest BCUT2D eigenvalue weighted by Crippen LogP contribution is 2.27. The summed E-state index contributed by atoms with van der Waals surface area (Å²) in [5.74, 6) is -0.978. The third kappa shape index (κ3) is 2.86. The molecule has 4 rings (SSSR count). The Bertz CT molecular complexity index is 904. The second kappa shape index (κ2) is 6.11. The van der Waals surface area contributed by atoms with Gasteiger partial charge in [-0.15, -0.1) is 0 Å². The molecule has 0 radical (unpaired) electrons. The van der Waals surface area contributed by atoms with Gasteiger partial charge < -0.3 is 13.9 Å². The predicted octanol–water partition coefficient (Wildman–Crippen LogP) is 1.77. The van der Waals surface area contributed by atoms with Crippen LogP contribution in [-0.2, 0) is 20.8 Å². The second-order valence-corrected chi connectivity index (χ2v) is 6.47. The molecule has 1 aromatic carbocycles. The summed E-state index contributed by atoms with van der Waals surface area (Å²) in [7, 11) is 0. The summed E-state index contributed by atoms with van der Waals surface area (Å²) < 4.78 is 16.9. The standard InChI is InChI=1S/C16H15ClN2O6/c17-9-1-2-10-13(7-9)25-16(22)18(10)6-4-14(20)24-12-3-5-19-11(12)8-23-15(19)21/h1-2,7,11-12H,3-6,8H2/t11-,12-/m1/s1. The van der Waals surface area contributed by atoms with Gasteiger partial charge in [-0.3, -0.25) is 14.3 Å². The molecule has 0 saturated carbocycles. The molecule has 2 aliphatic heterocycles. The topological polar surface area (TPSA) is 91.0 Å². The molecule has 2 saturated heterocycles. The smallest absolute Gasteiger partial charge is 0.419 e. The van der Waals surface area contributed by atoms with Crippen LogP contribution in [0.5, 0.6) is 0 Å². The molecule has 1 amide bonds. The summed E-state index contributed by atoms with van der Waals surface area (Å²) in [6.07, 6.45) is -0.109. The zero-order valence-corrected chi connectivity index (χ0v) is 13.9. The molecule has 2 aliphatic rings. The molecule has 0 unspecified atom stereocenters. The summed E-state index contributed by atoms with van der Waals surface area (Å²) in [4.78, 5) is 37.1. The molecule has 1 aromatic heterocycles. The molecule has 3 heterocycles. The Morgan fingerprint density at radius 2 is 2.20 bits per heavy atom. The summed E-state index contributed by atoms with van der Waals surface area (Å²) in [5.41, 5.74) is 0.947. The van der Waals surface area contributed by atoms with Crippen molar-refractivity contribution in [1.82, 2.24) is 9.47 Å². The zero-order chi connectivity index (χ0) is 17.6. The Hall–Kier alpha value is -2.48. The summed E-state index contributed by atoms with van der Waals surface area (Å²) in [5, 5.41) is 0.465. The van der Waals surface area contributed by atoms with Gasteiger partial charge in [-0.25, -0.2) is 9.59 Å². The first kappa shape index (κ1) is 16.0. The molecule has 0 aliphatic carbocycles. The summed E-state index contributed by atoms with van der Waals surface area (Å²) in [6, 6.07) is 4.66. The number of aromatic nitrogens is 1. The third-order valence-corrected chi connectivity index (χ3v) is 4.78. The second-order valence-electron chi connectivity index (χ2n) is 6.04. The third-order valence-electron chi connectivity index (χ3n) is 4.55. The van der Waals surface area contributed by atoms with Crippen LogP contribution in [0.3, 0.4) is 0 Å². The van der Waals surface area contributed by atoms with Crippen LogP contribution in [0.2, 0.25) is 5.02 Å². The van der Waals surface area contributed by atoms with E-state index in [4.69, 9.17) is 25.5 Å². The largest absolute Gasteiger partial charge is 0.460 e. The number of hydrogen-bond acceptors (Lipinski definition) is 6. The van der Waals surface area contributed by atoms with Crippen LogP contribution in [-0.4, -0.2) is 46.8 Å². The van der Waals surface area contributed by atoms with Crippen LogP contribution in [0.1, 0.15) is 12.8 Å². The number of aryl methyl sites for hydroxylation is 1. The van der Waals surface area contributed by atoms with E-state index in [0.29, 0.717) is 29.1 Å². The van der Waals surface area contributed by atoms with Crippen molar-refractivity contribution in [3.8, 4) is 0 Å². The molecule has 2 fully saturated rings. The van der Waals surface area contributed by atoms with Crippen molar-refractivity contribution in [2.75, 3.05) is 13.2 Å². The minimum atomic E-state index is -0.549. The maximum Gasteiger partial charge on any atom is 0.419 e. The number of fused-ring (bicyclic) bond motifs is 2. The molecule has 0 spiro atoms. The van der Waals surface area contributed by atoms with Gasteiger partial charge in [0.25, 0.3) is 0 Å². The lowest BCUT2D eigenvalue weighted by molar-refractivity contribution is -0.150. The average molecular weight is 367 g/mol. The number of benzene rings is 1. The van der Waals surface area contributed by atoms with Crippen molar-refractivity contribution in [2.45, 2.75) is 31.5 Å². The van der Waals surface area contributed by atoms with Gasteiger partial charge in [0, 0.05) is 30.6 Å². The van der Waals surface area contributed by atoms with Gasteiger partial charge in [0.1, 0.15) is 18.8 Å². The van der Waals surface area contributed by atoms with E-state index in [1.54, 1.807) is 23.1 Å². The van der Waals surface area contributed by atoms with Crippen molar-refractivity contribution < 1.29 is 23.5 Å². The Labute approximate surface area is 146 Å². The highest BCUT2D eigenvalue weighted by molar-refractivity contribution is 6.31. The lowest BCUT2D eigenvalue weighted by atomic mass is 10.2. The van der Waals surface area contributed by atoms with Crippen LogP contribution < -0.4 is 5.76 Å². The maximum absolute atomic E-state index is 12.1. The molecule has 25 heavy (non-hydrogen) atoms. The maximum atomic E-state index is 12.1. The Morgan fingerprint density at radius 1 is 1.36 bits per heavy atom. The van der Waals surface area contributed by atoms with E-state index >= 15 is 0 Å². The van der Waals surface area contributed by atoms with Gasteiger partial charge in [0.2, 0.25) is 0 Å². The first-order chi connectivity index (χ1) is 12.0. The van der Waals surface area contributed by atoms with Crippen LogP contribution in [0, 0.1) is 0 Å². The number of carbonyl (C=O) groups excluding carboxylic acids is 2. The molecule has 132 valence electrons. The van der Waals surface area contributed by atoms with E-state index in [-0.39, 0.29) is 37.8 Å². The number of amides is 1. The number of nitrogens with zero attached hydrogens (tertiary/aromatic N) is 2. The molecule has 2 aromatic rings. The quantitative estimate of drug-likeness (QED) is 0.766. The van der Waals surface area contributed by atoms with E-state index in [1.807, 2.05) is 0 Å². The zero-order valence-electron chi connectivity index (χ0n) is 13.1. The number of cyclic esters (lactones) is 1. The number of hydrogen-bond donors (Lipinski definition) is 0.